The van der Waals surface area contributed by atoms with E-state index in [0.717, 1.165) is 32.5 Å². The van der Waals surface area contributed by atoms with Gasteiger partial charge >= 0.3 is 0 Å². The summed E-state index contributed by atoms with van der Waals surface area (Å²) >= 11 is 0. The quantitative estimate of drug-likeness (QED) is 0.631. The van der Waals surface area contributed by atoms with E-state index in [0.29, 0.717) is 0 Å². The molecule has 0 saturated carbocycles. The van der Waals surface area contributed by atoms with Gasteiger partial charge in [0.05, 0.1) is 13.2 Å². The average molecular weight is 172 g/mol. The Hall–Kier alpha value is -0.380. The van der Waals surface area contributed by atoms with Crippen LogP contribution in [0.3, 0.4) is 0 Å². The van der Waals surface area contributed by atoms with Crippen molar-refractivity contribution in [3.8, 4) is 0 Å². The van der Waals surface area contributed by atoms with Crippen molar-refractivity contribution < 1.29 is 14.6 Å². The summed E-state index contributed by atoms with van der Waals surface area (Å²) in [7, 11) is 0. The van der Waals surface area contributed by atoms with E-state index < -0.39 is 0 Å². The second kappa shape index (κ2) is 6.17. The SMILES string of the molecule is OCC/C=C/CCC1OCCO1. The zero-order chi connectivity index (χ0) is 8.65. The Morgan fingerprint density at radius 3 is 2.50 bits per heavy atom. The summed E-state index contributed by atoms with van der Waals surface area (Å²) < 4.78 is 10.5. The van der Waals surface area contributed by atoms with Gasteiger partial charge in [-0.05, 0) is 12.8 Å². The molecule has 1 aliphatic heterocycles. The second-order valence-corrected chi connectivity index (χ2v) is 2.73. The van der Waals surface area contributed by atoms with Gasteiger partial charge < -0.3 is 14.6 Å². The third-order valence-electron chi connectivity index (χ3n) is 1.72. The highest BCUT2D eigenvalue weighted by molar-refractivity contribution is 4.81. The Morgan fingerprint density at radius 1 is 1.17 bits per heavy atom. The first-order valence-electron chi connectivity index (χ1n) is 4.42. The monoisotopic (exact) mass is 172 g/mol. The molecule has 70 valence electrons. The molecular weight excluding hydrogens is 156 g/mol. The van der Waals surface area contributed by atoms with Gasteiger partial charge in [-0.25, -0.2) is 0 Å². The van der Waals surface area contributed by atoms with Crippen molar-refractivity contribution in [3.05, 3.63) is 12.2 Å². The normalized spacial score (nSPS) is 19.4. The molecule has 0 atom stereocenters. The molecule has 0 unspecified atom stereocenters. The molecule has 1 heterocycles. The molecule has 0 bridgehead atoms. The number of aliphatic hydroxyl groups excluding tert-OH is 1. The highest BCUT2D eigenvalue weighted by atomic mass is 16.7. The van der Waals surface area contributed by atoms with Crippen molar-refractivity contribution in [2.75, 3.05) is 19.8 Å². The molecule has 1 rings (SSSR count). The molecule has 0 aromatic carbocycles. The molecule has 0 spiro atoms. The van der Waals surface area contributed by atoms with Crippen molar-refractivity contribution in [1.29, 1.82) is 0 Å². The Bertz CT molecular complexity index is 128. The molecule has 1 saturated heterocycles. The van der Waals surface area contributed by atoms with Gasteiger partial charge in [0.2, 0.25) is 0 Å². The number of rotatable bonds is 5. The molecule has 0 aromatic rings. The van der Waals surface area contributed by atoms with E-state index in [2.05, 4.69) is 6.08 Å². The Morgan fingerprint density at radius 2 is 1.83 bits per heavy atom. The predicted molar refractivity (Wildman–Crippen MR) is 45.8 cm³/mol. The minimum Gasteiger partial charge on any atom is -0.396 e. The fraction of sp³-hybridized carbons (Fsp3) is 0.778. The first kappa shape index (κ1) is 9.71. The van der Waals surface area contributed by atoms with Crippen LogP contribution in [0.25, 0.3) is 0 Å². The summed E-state index contributed by atoms with van der Waals surface area (Å²) in [5, 5.41) is 8.48. The molecule has 0 amide bonds. The van der Waals surface area contributed by atoms with Crippen LogP contribution < -0.4 is 0 Å². The van der Waals surface area contributed by atoms with Gasteiger partial charge in [-0.15, -0.1) is 0 Å². The van der Waals surface area contributed by atoms with Gasteiger partial charge in [0.25, 0.3) is 0 Å². The molecule has 0 aliphatic carbocycles. The van der Waals surface area contributed by atoms with Crippen LogP contribution in [-0.2, 0) is 9.47 Å². The summed E-state index contributed by atoms with van der Waals surface area (Å²) in [6, 6.07) is 0. The summed E-state index contributed by atoms with van der Waals surface area (Å²) in [6.45, 7) is 1.68. The van der Waals surface area contributed by atoms with Crippen LogP contribution in [0, 0.1) is 0 Å². The van der Waals surface area contributed by atoms with Gasteiger partial charge in [0.15, 0.2) is 6.29 Å². The molecule has 1 fully saturated rings. The van der Waals surface area contributed by atoms with Crippen molar-refractivity contribution in [3.63, 3.8) is 0 Å². The maximum atomic E-state index is 8.48. The molecule has 0 aromatic heterocycles. The Kier molecular flexibility index (Phi) is 4.99. The van der Waals surface area contributed by atoms with Crippen LogP contribution in [0.2, 0.25) is 0 Å². The highest BCUT2D eigenvalue weighted by Crippen LogP contribution is 2.10. The van der Waals surface area contributed by atoms with Crippen molar-refractivity contribution in [1.82, 2.24) is 0 Å². The van der Waals surface area contributed by atoms with E-state index in [1.807, 2.05) is 6.08 Å². The topological polar surface area (TPSA) is 38.7 Å². The van der Waals surface area contributed by atoms with E-state index >= 15 is 0 Å². The van der Waals surface area contributed by atoms with Crippen LogP contribution in [0.15, 0.2) is 12.2 Å². The summed E-state index contributed by atoms with van der Waals surface area (Å²) in [5.41, 5.74) is 0. The van der Waals surface area contributed by atoms with E-state index in [-0.39, 0.29) is 12.9 Å². The minimum absolute atomic E-state index is 0.00350. The number of hydrogen-bond acceptors (Lipinski definition) is 3. The average Bonchev–Trinajstić information content (AvgIpc) is 2.57. The number of hydrogen-bond donors (Lipinski definition) is 1. The summed E-state index contributed by atoms with van der Waals surface area (Å²) in [4.78, 5) is 0. The fourth-order valence-corrected chi connectivity index (χ4v) is 1.12. The smallest absolute Gasteiger partial charge is 0.158 e. The molecule has 3 heteroatoms. The van der Waals surface area contributed by atoms with Crippen LogP contribution in [0.4, 0.5) is 0 Å². The first-order chi connectivity index (χ1) is 5.93. The molecule has 1 aliphatic rings. The fourth-order valence-electron chi connectivity index (χ4n) is 1.12. The number of allylic oxidation sites excluding steroid dienone is 1. The largest absolute Gasteiger partial charge is 0.396 e. The molecule has 1 N–H and O–H groups in total. The third-order valence-corrected chi connectivity index (χ3v) is 1.72. The van der Waals surface area contributed by atoms with E-state index in [4.69, 9.17) is 14.6 Å². The third kappa shape index (κ3) is 3.85. The first-order valence-corrected chi connectivity index (χ1v) is 4.42. The molecule has 12 heavy (non-hydrogen) atoms. The lowest BCUT2D eigenvalue weighted by molar-refractivity contribution is -0.0457. The number of ether oxygens (including phenoxy) is 2. The van der Waals surface area contributed by atoms with Crippen LogP contribution in [-0.4, -0.2) is 31.2 Å². The lowest BCUT2D eigenvalue weighted by Gasteiger charge is -2.05. The van der Waals surface area contributed by atoms with E-state index in [1.165, 1.54) is 0 Å². The Labute approximate surface area is 73.0 Å². The van der Waals surface area contributed by atoms with Gasteiger partial charge in [0, 0.05) is 13.0 Å². The van der Waals surface area contributed by atoms with Crippen molar-refractivity contribution >= 4 is 0 Å². The lowest BCUT2D eigenvalue weighted by Crippen LogP contribution is -2.05. The molecule has 3 nitrogen and oxygen atoms in total. The van der Waals surface area contributed by atoms with E-state index in [1.54, 1.807) is 0 Å². The maximum Gasteiger partial charge on any atom is 0.158 e. The van der Waals surface area contributed by atoms with Crippen LogP contribution >= 0.6 is 0 Å². The standard InChI is InChI=1S/C9H16O3/c10-6-4-2-1-3-5-9-11-7-8-12-9/h1-2,9-10H,3-8H2/b2-1+. The van der Waals surface area contributed by atoms with Gasteiger partial charge in [-0.1, -0.05) is 12.2 Å². The van der Waals surface area contributed by atoms with Gasteiger partial charge in [-0.3, -0.25) is 0 Å². The zero-order valence-corrected chi connectivity index (χ0v) is 7.24. The van der Waals surface area contributed by atoms with Crippen LogP contribution in [0.5, 0.6) is 0 Å². The summed E-state index contributed by atoms with van der Waals surface area (Å²) in [6.07, 6.45) is 6.67. The predicted octanol–water partition coefficient (Wildman–Crippen LogP) is 1.08. The molecule has 0 radical (unpaired) electrons. The van der Waals surface area contributed by atoms with Gasteiger partial charge in [-0.2, -0.15) is 0 Å². The number of aliphatic hydroxyl groups is 1. The lowest BCUT2D eigenvalue weighted by atomic mass is 10.2. The molecular formula is C9H16O3. The highest BCUT2D eigenvalue weighted by Gasteiger charge is 2.13. The van der Waals surface area contributed by atoms with Crippen LogP contribution in [0.1, 0.15) is 19.3 Å². The van der Waals surface area contributed by atoms with Crippen molar-refractivity contribution in [2.45, 2.75) is 25.6 Å². The van der Waals surface area contributed by atoms with E-state index in [9.17, 15) is 0 Å². The summed E-state index contributed by atoms with van der Waals surface area (Å²) in [5.74, 6) is 0. The van der Waals surface area contributed by atoms with Crippen molar-refractivity contribution in [2.24, 2.45) is 0 Å². The Balaban J connectivity index is 1.94. The second-order valence-electron chi connectivity index (χ2n) is 2.73. The van der Waals surface area contributed by atoms with Gasteiger partial charge in [0.1, 0.15) is 0 Å². The minimum atomic E-state index is 0.00350. The zero-order valence-electron chi connectivity index (χ0n) is 7.24. The maximum absolute atomic E-state index is 8.48.